The number of benzene rings is 1. The molecule has 0 aliphatic heterocycles. The lowest BCUT2D eigenvalue weighted by atomic mass is 9.89. The fraction of sp³-hybridized carbons (Fsp3) is 0.389. The van der Waals surface area contributed by atoms with Crippen molar-refractivity contribution in [2.45, 2.75) is 36.5 Å². The molecule has 2 atom stereocenters. The molecule has 1 heterocycles. The van der Waals surface area contributed by atoms with Crippen molar-refractivity contribution in [3.05, 3.63) is 65.0 Å². The molecule has 0 radical (unpaired) electrons. The number of fused-ring (bicyclic) bond motifs is 1. The molecule has 0 spiro atoms. The fourth-order valence-corrected chi connectivity index (χ4v) is 3.69. The Balaban J connectivity index is 1.50. The van der Waals surface area contributed by atoms with Gasteiger partial charge in [0, 0.05) is 17.9 Å². The van der Waals surface area contributed by atoms with Crippen LogP contribution in [-0.2, 0) is 11.2 Å². The molecular formula is C18H21NO3S. The Morgan fingerprint density at radius 3 is 2.96 bits per heavy atom. The summed E-state index contributed by atoms with van der Waals surface area (Å²) in [6.45, 7) is 0.289. The second-order valence-electron chi connectivity index (χ2n) is 5.74. The van der Waals surface area contributed by atoms with E-state index in [2.05, 4.69) is 18.2 Å². The van der Waals surface area contributed by atoms with Crippen molar-refractivity contribution in [1.29, 1.82) is 0 Å². The second kappa shape index (κ2) is 7.81. The third-order valence-electron chi connectivity index (χ3n) is 4.02. The predicted octanol–water partition coefficient (Wildman–Crippen LogP) is 2.87. The van der Waals surface area contributed by atoms with Crippen LogP contribution in [0.5, 0.6) is 0 Å². The Morgan fingerprint density at radius 2 is 2.09 bits per heavy atom. The highest BCUT2D eigenvalue weighted by molar-refractivity contribution is 7.99. The van der Waals surface area contributed by atoms with Crippen LogP contribution in [0.15, 0.2) is 53.7 Å². The standard InChI is InChI=1S/C18H21NO3S/c20-15(13-23-18-10-3-4-11-19(18)21)12-22-17-9-5-7-14-6-1-2-8-16(14)17/h1-4,6,8,10-11,15,17,20H,5,7,9,12-13H2/t15-,17-/m1/s1. The minimum absolute atomic E-state index is 0.0702. The van der Waals surface area contributed by atoms with Gasteiger partial charge in [-0.15, -0.1) is 0 Å². The van der Waals surface area contributed by atoms with Gasteiger partial charge >= 0.3 is 0 Å². The van der Waals surface area contributed by atoms with Gasteiger partial charge in [0.2, 0.25) is 0 Å². The minimum atomic E-state index is -0.589. The number of aromatic nitrogens is 1. The van der Waals surface area contributed by atoms with E-state index >= 15 is 0 Å². The van der Waals surface area contributed by atoms with Gasteiger partial charge < -0.3 is 15.1 Å². The van der Waals surface area contributed by atoms with Crippen LogP contribution in [0.2, 0.25) is 0 Å². The molecule has 5 heteroatoms. The Kier molecular flexibility index (Phi) is 5.54. The molecule has 23 heavy (non-hydrogen) atoms. The van der Waals surface area contributed by atoms with Crippen molar-refractivity contribution in [1.82, 2.24) is 0 Å². The van der Waals surface area contributed by atoms with Gasteiger partial charge in [0.25, 0.3) is 5.03 Å². The monoisotopic (exact) mass is 331 g/mol. The third kappa shape index (κ3) is 4.25. The van der Waals surface area contributed by atoms with E-state index in [9.17, 15) is 10.3 Å². The van der Waals surface area contributed by atoms with Crippen molar-refractivity contribution in [3.8, 4) is 0 Å². The topological polar surface area (TPSA) is 56.4 Å². The zero-order valence-electron chi connectivity index (χ0n) is 12.9. The van der Waals surface area contributed by atoms with Crippen LogP contribution >= 0.6 is 11.8 Å². The molecule has 122 valence electrons. The molecule has 0 unspecified atom stereocenters. The molecular weight excluding hydrogens is 310 g/mol. The minimum Gasteiger partial charge on any atom is -0.618 e. The SMILES string of the molecule is [O-][n+]1ccccc1SC[C@H](O)CO[C@@H]1CCCc2ccccc21. The summed E-state index contributed by atoms with van der Waals surface area (Å²) in [5.41, 5.74) is 2.60. The molecule has 0 saturated carbocycles. The Morgan fingerprint density at radius 1 is 1.26 bits per heavy atom. The van der Waals surface area contributed by atoms with E-state index in [4.69, 9.17) is 4.74 Å². The highest BCUT2D eigenvalue weighted by atomic mass is 32.2. The normalized spacial score (nSPS) is 18.4. The quantitative estimate of drug-likeness (QED) is 0.502. The third-order valence-corrected chi connectivity index (χ3v) is 5.18. The molecule has 1 aliphatic carbocycles. The van der Waals surface area contributed by atoms with Gasteiger partial charge in [0.05, 0.1) is 18.8 Å². The molecule has 1 N–H and O–H groups in total. The molecule has 0 saturated heterocycles. The van der Waals surface area contributed by atoms with Gasteiger partial charge in [-0.2, -0.15) is 4.73 Å². The Labute approximate surface area is 140 Å². The maximum absolute atomic E-state index is 11.6. The predicted molar refractivity (Wildman–Crippen MR) is 90.2 cm³/mol. The lowest BCUT2D eigenvalue weighted by molar-refractivity contribution is -0.645. The summed E-state index contributed by atoms with van der Waals surface area (Å²) < 4.78 is 6.76. The first-order chi connectivity index (χ1) is 11.2. The van der Waals surface area contributed by atoms with Gasteiger partial charge in [-0.1, -0.05) is 36.0 Å². The summed E-state index contributed by atoms with van der Waals surface area (Å²) >= 11 is 1.35. The number of pyridine rings is 1. The smallest absolute Gasteiger partial charge is 0.251 e. The molecule has 2 aromatic rings. The number of rotatable bonds is 6. The van der Waals surface area contributed by atoms with Gasteiger partial charge in [0.15, 0.2) is 6.20 Å². The van der Waals surface area contributed by atoms with Crippen LogP contribution in [0.4, 0.5) is 0 Å². The van der Waals surface area contributed by atoms with Crippen LogP contribution in [0.25, 0.3) is 0 Å². The van der Waals surface area contributed by atoms with E-state index in [1.165, 1.54) is 29.1 Å². The van der Waals surface area contributed by atoms with Crippen LogP contribution in [0, 0.1) is 5.21 Å². The first-order valence-corrected chi connectivity index (χ1v) is 8.91. The van der Waals surface area contributed by atoms with Crippen LogP contribution in [-0.4, -0.2) is 23.6 Å². The number of aliphatic hydroxyl groups is 1. The zero-order chi connectivity index (χ0) is 16.1. The summed E-state index contributed by atoms with van der Waals surface area (Å²) in [5, 5.41) is 22.3. The first kappa shape index (κ1) is 16.3. The van der Waals surface area contributed by atoms with Gasteiger partial charge in [-0.25, -0.2) is 0 Å². The van der Waals surface area contributed by atoms with Gasteiger partial charge in [0.1, 0.15) is 0 Å². The molecule has 1 aromatic heterocycles. The first-order valence-electron chi connectivity index (χ1n) is 7.92. The highest BCUT2D eigenvalue weighted by Gasteiger charge is 2.21. The number of aryl methyl sites for hydroxylation is 1. The fourth-order valence-electron chi connectivity index (χ4n) is 2.86. The van der Waals surface area contributed by atoms with Crippen molar-refractivity contribution in [2.75, 3.05) is 12.4 Å². The largest absolute Gasteiger partial charge is 0.618 e. The van der Waals surface area contributed by atoms with Crippen molar-refractivity contribution in [2.24, 2.45) is 0 Å². The van der Waals surface area contributed by atoms with Gasteiger partial charge in [-0.3, -0.25) is 0 Å². The summed E-state index contributed by atoms with van der Waals surface area (Å²) in [6.07, 6.45) is 4.16. The molecule has 0 amide bonds. The van der Waals surface area contributed by atoms with Crippen molar-refractivity contribution < 1.29 is 14.6 Å². The number of aliphatic hydroxyl groups excluding tert-OH is 1. The summed E-state index contributed by atoms with van der Waals surface area (Å²) in [4.78, 5) is 0. The second-order valence-corrected chi connectivity index (χ2v) is 6.78. The van der Waals surface area contributed by atoms with E-state index < -0.39 is 6.10 Å². The molecule has 0 bridgehead atoms. The van der Waals surface area contributed by atoms with Crippen molar-refractivity contribution >= 4 is 11.8 Å². The van der Waals surface area contributed by atoms with E-state index in [-0.39, 0.29) is 12.7 Å². The summed E-state index contributed by atoms with van der Waals surface area (Å²) in [7, 11) is 0. The molecule has 4 nitrogen and oxygen atoms in total. The van der Waals surface area contributed by atoms with E-state index in [0.29, 0.717) is 10.8 Å². The Bertz CT molecular complexity index is 650. The molecule has 1 aliphatic rings. The Hall–Kier alpha value is -1.56. The summed E-state index contributed by atoms with van der Waals surface area (Å²) in [6, 6.07) is 13.6. The number of hydrogen-bond donors (Lipinski definition) is 1. The van der Waals surface area contributed by atoms with Crippen LogP contribution in [0.1, 0.15) is 30.1 Å². The lowest BCUT2D eigenvalue weighted by Gasteiger charge is -2.26. The van der Waals surface area contributed by atoms with Crippen LogP contribution < -0.4 is 4.73 Å². The van der Waals surface area contributed by atoms with Gasteiger partial charge in [-0.05, 0) is 36.5 Å². The maximum atomic E-state index is 11.6. The maximum Gasteiger partial charge on any atom is 0.251 e. The molecule has 1 aromatic carbocycles. The number of nitrogens with zero attached hydrogens (tertiary/aromatic N) is 1. The lowest BCUT2D eigenvalue weighted by Crippen LogP contribution is -2.29. The van der Waals surface area contributed by atoms with Crippen LogP contribution in [0.3, 0.4) is 0 Å². The number of ether oxygens (including phenoxy) is 1. The van der Waals surface area contributed by atoms with E-state index in [0.717, 1.165) is 24.0 Å². The summed E-state index contributed by atoms with van der Waals surface area (Å²) in [5.74, 6) is 0.445. The van der Waals surface area contributed by atoms with E-state index in [1.54, 1.807) is 12.1 Å². The highest BCUT2D eigenvalue weighted by Crippen LogP contribution is 2.32. The average molecular weight is 331 g/mol. The van der Waals surface area contributed by atoms with Crippen molar-refractivity contribution in [3.63, 3.8) is 0 Å². The number of thioether (sulfide) groups is 1. The number of hydrogen-bond acceptors (Lipinski definition) is 4. The molecule has 0 fully saturated rings. The average Bonchev–Trinajstić information content (AvgIpc) is 2.59. The van der Waals surface area contributed by atoms with E-state index in [1.807, 2.05) is 12.1 Å². The molecule has 3 rings (SSSR count). The zero-order valence-corrected chi connectivity index (χ0v) is 13.7.